The number of carbonyl (C=O) groups is 1. The summed E-state index contributed by atoms with van der Waals surface area (Å²) in [4.78, 5) is 13.7. The van der Waals surface area contributed by atoms with Crippen LogP contribution in [0.25, 0.3) is 0 Å². The van der Waals surface area contributed by atoms with Crippen LogP contribution in [0.4, 0.5) is 8.78 Å². The monoisotopic (exact) mass is 345 g/mol. The summed E-state index contributed by atoms with van der Waals surface area (Å²) in [5, 5.41) is 0. The second-order valence-electron chi connectivity index (χ2n) is 5.77. The van der Waals surface area contributed by atoms with Gasteiger partial charge in [-0.15, -0.1) is 0 Å². The first-order chi connectivity index (χ1) is 10.9. The van der Waals surface area contributed by atoms with E-state index in [9.17, 15) is 22.0 Å². The molecule has 0 aromatic heterocycles. The maximum absolute atomic E-state index is 12.5. The first-order valence-corrected chi connectivity index (χ1v) is 9.34. The summed E-state index contributed by atoms with van der Waals surface area (Å²) in [6.07, 6.45) is 5.62. The SMILES string of the molecule is O=C(Cc1ccc(S(=O)(=O)C(F)F)cc1)N1CCCCCCC1. The minimum atomic E-state index is -4.58. The van der Waals surface area contributed by atoms with Crippen LogP contribution in [0, 0.1) is 0 Å². The Hall–Kier alpha value is -1.50. The molecule has 0 spiro atoms. The number of likely N-dealkylation sites (tertiary alicyclic amines) is 1. The highest BCUT2D eigenvalue weighted by molar-refractivity contribution is 7.91. The topological polar surface area (TPSA) is 54.5 Å². The standard InChI is InChI=1S/C16H21F2NO3S/c17-16(18)23(21,22)14-8-6-13(7-9-14)12-15(20)19-10-4-2-1-3-5-11-19/h6-9,16H,1-5,10-12H2. The summed E-state index contributed by atoms with van der Waals surface area (Å²) in [5.41, 5.74) is 0.630. The van der Waals surface area contributed by atoms with Crippen molar-refractivity contribution in [3.05, 3.63) is 29.8 Å². The minimum Gasteiger partial charge on any atom is -0.342 e. The molecule has 0 saturated carbocycles. The number of carbonyl (C=O) groups excluding carboxylic acids is 1. The quantitative estimate of drug-likeness (QED) is 0.843. The van der Waals surface area contributed by atoms with Gasteiger partial charge in [-0.1, -0.05) is 31.4 Å². The van der Waals surface area contributed by atoms with E-state index in [4.69, 9.17) is 0 Å². The van der Waals surface area contributed by atoms with Gasteiger partial charge in [0.25, 0.3) is 0 Å². The van der Waals surface area contributed by atoms with Crippen molar-refractivity contribution in [2.45, 2.75) is 49.2 Å². The Labute approximate surface area is 135 Å². The largest absolute Gasteiger partial charge is 0.342 e. The Bertz CT molecular complexity index is 621. The molecule has 4 nitrogen and oxygen atoms in total. The second-order valence-corrected chi connectivity index (χ2v) is 7.69. The molecule has 0 bridgehead atoms. The van der Waals surface area contributed by atoms with Crippen molar-refractivity contribution in [2.75, 3.05) is 13.1 Å². The maximum atomic E-state index is 12.5. The van der Waals surface area contributed by atoms with Crippen LogP contribution in [0.2, 0.25) is 0 Å². The van der Waals surface area contributed by atoms with Crippen LogP contribution in [0.15, 0.2) is 29.2 Å². The fourth-order valence-corrected chi connectivity index (χ4v) is 3.40. The number of nitrogens with zero attached hydrogens (tertiary/aromatic N) is 1. The zero-order valence-electron chi connectivity index (χ0n) is 12.9. The summed E-state index contributed by atoms with van der Waals surface area (Å²) in [5.74, 6) is -3.44. The van der Waals surface area contributed by atoms with Crippen LogP contribution in [0.5, 0.6) is 0 Å². The smallest absolute Gasteiger partial charge is 0.341 e. The Kier molecular flexibility index (Phi) is 6.10. The molecule has 1 amide bonds. The van der Waals surface area contributed by atoms with Gasteiger partial charge < -0.3 is 4.90 Å². The number of amides is 1. The molecule has 128 valence electrons. The van der Waals surface area contributed by atoms with E-state index in [0.717, 1.165) is 50.9 Å². The van der Waals surface area contributed by atoms with E-state index in [1.165, 1.54) is 18.6 Å². The van der Waals surface area contributed by atoms with Gasteiger partial charge >= 0.3 is 5.76 Å². The van der Waals surface area contributed by atoms with Crippen LogP contribution < -0.4 is 0 Å². The highest BCUT2D eigenvalue weighted by Gasteiger charge is 2.26. The maximum Gasteiger partial charge on any atom is 0.341 e. The molecule has 0 atom stereocenters. The fraction of sp³-hybridized carbons (Fsp3) is 0.562. The molecule has 0 unspecified atom stereocenters. The van der Waals surface area contributed by atoms with Crippen molar-refractivity contribution in [3.8, 4) is 0 Å². The van der Waals surface area contributed by atoms with Gasteiger partial charge in [-0.25, -0.2) is 8.42 Å². The van der Waals surface area contributed by atoms with Crippen molar-refractivity contribution in [2.24, 2.45) is 0 Å². The predicted molar refractivity (Wildman–Crippen MR) is 83.0 cm³/mol. The molecular weight excluding hydrogens is 324 g/mol. The molecule has 1 heterocycles. The third-order valence-electron chi connectivity index (χ3n) is 4.05. The van der Waals surface area contributed by atoms with E-state index in [1.54, 1.807) is 0 Å². The van der Waals surface area contributed by atoms with Gasteiger partial charge in [0.1, 0.15) is 0 Å². The summed E-state index contributed by atoms with van der Waals surface area (Å²) in [6.45, 7) is 1.49. The van der Waals surface area contributed by atoms with Crippen molar-refractivity contribution >= 4 is 15.7 Å². The van der Waals surface area contributed by atoms with Gasteiger partial charge in [0.2, 0.25) is 15.7 Å². The van der Waals surface area contributed by atoms with E-state index >= 15 is 0 Å². The predicted octanol–water partition coefficient (Wildman–Crippen LogP) is 3.02. The van der Waals surface area contributed by atoms with E-state index in [2.05, 4.69) is 0 Å². The van der Waals surface area contributed by atoms with E-state index in [-0.39, 0.29) is 12.3 Å². The molecule has 0 aliphatic carbocycles. The highest BCUT2D eigenvalue weighted by atomic mass is 32.2. The number of hydrogen-bond donors (Lipinski definition) is 0. The summed E-state index contributed by atoms with van der Waals surface area (Å²) < 4.78 is 47.7. The van der Waals surface area contributed by atoms with E-state index in [1.807, 2.05) is 4.90 Å². The summed E-state index contributed by atoms with van der Waals surface area (Å²) in [7, 11) is -4.58. The zero-order valence-corrected chi connectivity index (χ0v) is 13.7. The average molecular weight is 345 g/mol. The average Bonchev–Trinajstić information content (AvgIpc) is 2.47. The Morgan fingerprint density at radius 2 is 1.52 bits per heavy atom. The Morgan fingerprint density at radius 1 is 1.00 bits per heavy atom. The third-order valence-corrected chi connectivity index (χ3v) is 5.45. The van der Waals surface area contributed by atoms with Crippen molar-refractivity contribution in [3.63, 3.8) is 0 Å². The summed E-state index contributed by atoms with van der Waals surface area (Å²) in [6, 6.07) is 5.13. The van der Waals surface area contributed by atoms with Gasteiger partial charge in [-0.3, -0.25) is 4.79 Å². The van der Waals surface area contributed by atoms with Gasteiger partial charge in [0.05, 0.1) is 11.3 Å². The number of rotatable bonds is 4. The van der Waals surface area contributed by atoms with Crippen molar-refractivity contribution in [1.82, 2.24) is 4.90 Å². The van der Waals surface area contributed by atoms with Gasteiger partial charge in [-0.2, -0.15) is 8.78 Å². The molecule has 1 aliphatic heterocycles. The summed E-state index contributed by atoms with van der Waals surface area (Å²) >= 11 is 0. The molecule has 0 N–H and O–H groups in total. The number of sulfone groups is 1. The Morgan fingerprint density at radius 3 is 2.04 bits per heavy atom. The molecule has 1 aliphatic rings. The molecule has 7 heteroatoms. The molecule has 1 saturated heterocycles. The lowest BCUT2D eigenvalue weighted by Gasteiger charge is -2.24. The van der Waals surface area contributed by atoms with Crippen LogP contribution >= 0.6 is 0 Å². The fourth-order valence-electron chi connectivity index (χ4n) is 2.68. The zero-order chi connectivity index (χ0) is 16.9. The van der Waals surface area contributed by atoms with Crippen LogP contribution in [-0.4, -0.2) is 38.1 Å². The van der Waals surface area contributed by atoms with Crippen LogP contribution in [0.3, 0.4) is 0 Å². The van der Waals surface area contributed by atoms with E-state index < -0.39 is 20.5 Å². The lowest BCUT2D eigenvalue weighted by Crippen LogP contribution is -2.34. The third kappa shape index (κ3) is 4.73. The number of benzene rings is 1. The first-order valence-electron chi connectivity index (χ1n) is 7.80. The lowest BCUT2D eigenvalue weighted by molar-refractivity contribution is -0.130. The number of hydrogen-bond acceptors (Lipinski definition) is 3. The number of alkyl halides is 2. The molecular formula is C16H21F2NO3S. The molecule has 1 aromatic carbocycles. The first kappa shape index (κ1) is 17.8. The molecule has 1 fully saturated rings. The van der Waals surface area contributed by atoms with Gasteiger partial charge in [0, 0.05) is 13.1 Å². The molecule has 23 heavy (non-hydrogen) atoms. The van der Waals surface area contributed by atoms with Crippen LogP contribution in [0.1, 0.15) is 37.7 Å². The molecule has 2 rings (SSSR count). The molecule has 1 aromatic rings. The van der Waals surface area contributed by atoms with Gasteiger partial charge in [-0.05, 0) is 30.5 Å². The molecule has 0 radical (unpaired) electrons. The van der Waals surface area contributed by atoms with Crippen molar-refractivity contribution < 1.29 is 22.0 Å². The second kappa shape index (κ2) is 7.86. The lowest BCUT2D eigenvalue weighted by atomic mass is 10.1. The normalized spacial score (nSPS) is 16.9. The number of halogens is 2. The minimum absolute atomic E-state index is 0.00336. The Balaban J connectivity index is 2.01. The van der Waals surface area contributed by atoms with Gasteiger partial charge in [0.15, 0.2) is 0 Å². The van der Waals surface area contributed by atoms with Crippen molar-refractivity contribution in [1.29, 1.82) is 0 Å². The van der Waals surface area contributed by atoms with Crippen LogP contribution in [-0.2, 0) is 21.1 Å². The highest BCUT2D eigenvalue weighted by Crippen LogP contribution is 2.19. The van der Waals surface area contributed by atoms with E-state index in [0.29, 0.717) is 5.56 Å².